The van der Waals surface area contributed by atoms with Crippen LogP contribution in [0.1, 0.15) is 35.6 Å². The maximum absolute atomic E-state index is 13.7. The summed E-state index contributed by atoms with van der Waals surface area (Å²) >= 11 is 0. The number of benzene rings is 4. The molecule has 1 aliphatic rings. The minimum absolute atomic E-state index is 0.0354. The first-order valence-electron chi connectivity index (χ1n) is 12.7. The van der Waals surface area contributed by atoms with Crippen molar-refractivity contribution in [3.8, 4) is 11.5 Å². The van der Waals surface area contributed by atoms with Crippen LogP contribution in [0.3, 0.4) is 0 Å². The van der Waals surface area contributed by atoms with Gasteiger partial charge in [-0.25, -0.2) is 0 Å². The van der Waals surface area contributed by atoms with E-state index in [4.69, 9.17) is 14.2 Å². The Morgan fingerprint density at radius 1 is 0.895 bits per heavy atom. The molecule has 38 heavy (non-hydrogen) atoms. The molecule has 194 valence electrons. The number of fused-ring (bicyclic) bond motifs is 1. The molecule has 0 aromatic heterocycles. The Morgan fingerprint density at radius 3 is 2.39 bits per heavy atom. The number of carbonyl (C=O) groups is 2. The lowest BCUT2D eigenvalue weighted by molar-refractivity contribution is -0.152. The van der Waals surface area contributed by atoms with Crippen molar-refractivity contribution in [2.45, 2.75) is 32.4 Å². The zero-order valence-corrected chi connectivity index (χ0v) is 21.8. The molecule has 0 N–H and O–H groups in total. The largest absolute Gasteiger partial charge is 0.493 e. The molecule has 0 unspecified atom stereocenters. The van der Waals surface area contributed by atoms with E-state index in [2.05, 4.69) is 0 Å². The number of hydrogen-bond acceptors (Lipinski definition) is 5. The van der Waals surface area contributed by atoms with Crippen LogP contribution < -0.4 is 14.4 Å². The van der Waals surface area contributed by atoms with Crippen molar-refractivity contribution in [3.05, 3.63) is 102 Å². The Kier molecular flexibility index (Phi) is 7.31. The average Bonchev–Trinajstić information content (AvgIpc) is 2.95. The van der Waals surface area contributed by atoms with Gasteiger partial charge in [-0.3, -0.25) is 9.59 Å². The SMILES string of the molecule is COc1ccc([C@H]2[C@@H](C(=O)OCc3cccc4ccccc34)CCC(=O)N2c2ccc(C)cc2)cc1OC. The zero-order chi connectivity index (χ0) is 26.6. The van der Waals surface area contributed by atoms with Crippen molar-refractivity contribution >= 4 is 28.3 Å². The molecule has 0 radical (unpaired) electrons. The number of hydrogen-bond donors (Lipinski definition) is 0. The second kappa shape index (κ2) is 11.0. The van der Waals surface area contributed by atoms with Crippen LogP contribution in [0.4, 0.5) is 5.69 Å². The van der Waals surface area contributed by atoms with Crippen molar-refractivity contribution in [3.63, 3.8) is 0 Å². The van der Waals surface area contributed by atoms with Gasteiger partial charge in [-0.2, -0.15) is 0 Å². The summed E-state index contributed by atoms with van der Waals surface area (Å²) in [6.07, 6.45) is 0.653. The highest BCUT2D eigenvalue weighted by Crippen LogP contribution is 2.43. The smallest absolute Gasteiger partial charge is 0.311 e. The van der Waals surface area contributed by atoms with Gasteiger partial charge in [0.1, 0.15) is 6.61 Å². The van der Waals surface area contributed by atoms with Gasteiger partial charge in [0.15, 0.2) is 11.5 Å². The van der Waals surface area contributed by atoms with Crippen LogP contribution in [-0.4, -0.2) is 26.1 Å². The number of aryl methyl sites for hydroxylation is 1. The second-order valence-corrected chi connectivity index (χ2v) is 9.55. The Hall–Kier alpha value is -4.32. The number of anilines is 1. The van der Waals surface area contributed by atoms with E-state index in [1.165, 1.54) is 0 Å². The standard InChI is InChI=1S/C32H31NO5/c1-21-11-14-25(15-12-21)33-30(34)18-16-27(31(33)23-13-17-28(36-2)29(19-23)37-3)32(35)38-20-24-9-6-8-22-7-4-5-10-26(22)24/h4-15,17,19,27,31H,16,18,20H2,1-3H3/t27-,31-/m0/s1. The number of carbonyl (C=O) groups excluding carboxylic acids is 2. The molecule has 0 bridgehead atoms. The molecule has 1 amide bonds. The molecular formula is C32H31NO5. The Balaban J connectivity index is 1.51. The summed E-state index contributed by atoms with van der Waals surface area (Å²) in [5.74, 6) is 0.196. The van der Waals surface area contributed by atoms with Crippen LogP contribution in [0.15, 0.2) is 84.9 Å². The van der Waals surface area contributed by atoms with E-state index >= 15 is 0 Å². The average molecular weight is 510 g/mol. The first-order chi connectivity index (χ1) is 18.5. The predicted octanol–water partition coefficient (Wildman–Crippen LogP) is 6.39. The van der Waals surface area contributed by atoms with E-state index in [1.807, 2.05) is 85.8 Å². The van der Waals surface area contributed by atoms with Crippen LogP contribution in [0.5, 0.6) is 11.5 Å². The van der Waals surface area contributed by atoms with E-state index < -0.39 is 12.0 Å². The highest BCUT2D eigenvalue weighted by Gasteiger charge is 2.42. The number of rotatable bonds is 7. The lowest BCUT2D eigenvalue weighted by atomic mass is 9.83. The monoisotopic (exact) mass is 509 g/mol. The van der Waals surface area contributed by atoms with Crippen molar-refractivity contribution in [1.82, 2.24) is 0 Å². The van der Waals surface area contributed by atoms with Crippen LogP contribution >= 0.6 is 0 Å². The lowest BCUT2D eigenvalue weighted by Crippen LogP contribution is -2.46. The second-order valence-electron chi connectivity index (χ2n) is 9.55. The summed E-state index contributed by atoms with van der Waals surface area (Å²) in [5.41, 5.74) is 3.56. The van der Waals surface area contributed by atoms with Crippen LogP contribution in [0.25, 0.3) is 10.8 Å². The van der Waals surface area contributed by atoms with Gasteiger partial charge in [0, 0.05) is 12.1 Å². The van der Waals surface area contributed by atoms with Gasteiger partial charge >= 0.3 is 5.97 Å². The number of piperidine rings is 1. The molecule has 0 saturated carbocycles. The molecule has 1 aliphatic heterocycles. The molecule has 0 spiro atoms. The van der Waals surface area contributed by atoms with E-state index in [1.54, 1.807) is 25.2 Å². The molecule has 0 aliphatic carbocycles. The van der Waals surface area contributed by atoms with Gasteiger partial charge in [0.05, 0.1) is 26.2 Å². The number of nitrogens with zero attached hydrogens (tertiary/aromatic N) is 1. The van der Waals surface area contributed by atoms with Gasteiger partial charge in [-0.15, -0.1) is 0 Å². The summed E-state index contributed by atoms with van der Waals surface area (Å²) in [7, 11) is 3.15. The molecule has 1 fully saturated rings. The first-order valence-corrected chi connectivity index (χ1v) is 12.7. The number of ether oxygens (including phenoxy) is 3. The number of methoxy groups -OCH3 is 2. The number of esters is 1. The number of amides is 1. The Morgan fingerprint density at radius 2 is 1.63 bits per heavy atom. The highest BCUT2D eigenvalue weighted by molar-refractivity contribution is 5.97. The summed E-state index contributed by atoms with van der Waals surface area (Å²) in [5, 5.41) is 2.15. The van der Waals surface area contributed by atoms with E-state index in [9.17, 15) is 9.59 Å². The van der Waals surface area contributed by atoms with Crippen molar-refractivity contribution in [2.75, 3.05) is 19.1 Å². The van der Waals surface area contributed by atoms with Crippen LogP contribution in [-0.2, 0) is 20.9 Å². The Labute approximate surface area is 222 Å². The summed E-state index contributed by atoms with van der Waals surface area (Å²) < 4.78 is 16.9. The van der Waals surface area contributed by atoms with Crippen molar-refractivity contribution < 1.29 is 23.8 Å². The third kappa shape index (κ3) is 4.94. The molecule has 1 heterocycles. The van der Waals surface area contributed by atoms with Gasteiger partial charge in [0.2, 0.25) is 5.91 Å². The molecule has 5 rings (SSSR count). The van der Waals surface area contributed by atoms with E-state index in [0.717, 1.165) is 33.2 Å². The van der Waals surface area contributed by atoms with Gasteiger partial charge in [0.25, 0.3) is 0 Å². The normalized spacial score (nSPS) is 17.3. The maximum Gasteiger partial charge on any atom is 0.311 e. The lowest BCUT2D eigenvalue weighted by Gasteiger charge is -2.40. The minimum atomic E-state index is -0.557. The molecule has 4 aromatic rings. The fourth-order valence-corrected chi connectivity index (χ4v) is 5.24. The first kappa shape index (κ1) is 25.3. The van der Waals surface area contributed by atoms with Crippen LogP contribution in [0.2, 0.25) is 0 Å². The quantitative estimate of drug-likeness (QED) is 0.270. The fourth-order valence-electron chi connectivity index (χ4n) is 5.24. The van der Waals surface area contributed by atoms with E-state index in [0.29, 0.717) is 17.9 Å². The fraction of sp³-hybridized carbons (Fsp3) is 0.250. The third-order valence-electron chi connectivity index (χ3n) is 7.21. The molecule has 6 nitrogen and oxygen atoms in total. The Bertz CT molecular complexity index is 1460. The summed E-state index contributed by atoms with van der Waals surface area (Å²) in [6.45, 7) is 2.16. The van der Waals surface area contributed by atoms with Gasteiger partial charge < -0.3 is 19.1 Å². The molecule has 2 atom stereocenters. The minimum Gasteiger partial charge on any atom is -0.493 e. The molecule has 6 heteroatoms. The van der Waals surface area contributed by atoms with Crippen molar-refractivity contribution in [2.24, 2.45) is 5.92 Å². The third-order valence-corrected chi connectivity index (χ3v) is 7.21. The van der Waals surface area contributed by atoms with Gasteiger partial charge in [-0.05, 0) is 59.5 Å². The summed E-state index contributed by atoms with van der Waals surface area (Å²) in [6, 6.07) is 26.8. The maximum atomic E-state index is 13.7. The van der Waals surface area contributed by atoms with E-state index in [-0.39, 0.29) is 24.9 Å². The molecule has 4 aromatic carbocycles. The topological polar surface area (TPSA) is 65.1 Å². The van der Waals surface area contributed by atoms with Crippen molar-refractivity contribution in [1.29, 1.82) is 0 Å². The summed E-state index contributed by atoms with van der Waals surface area (Å²) in [4.78, 5) is 28.8. The van der Waals surface area contributed by atoms with Gasteiger partial charge in [-0.1, -0.05) is 66.2 Å². The highest BCUT2D eigenvalue weighted by atomic mass is 16.5. The predicted molar refractivity (Wildman–Crippen MR) is 147 cm³/mol. The van der Waals surface area contributed by atoms with Crippen LogP contribution in [0, 0.1) is 12.8 Å². The molecule has 1 saturated heterocycles. The zero-order valence-electron chi connectivity index (χ0n) is 21.8. The molecular weight excluding hydrogens is 478 g/mol.